The lowest BCUT2D eigenvalue weighted by atomic mass is 9.86. The van der Waals surface area contributed by atoms with Gasteiger partial charge in [0.1, 0.15) is 6.04 Å². The second-order valence-corrected chi connectivity index (χ2v) is 5.41. The zero-order valence-electron chi connectivity index (χ0n) is 11.2. The van der Waals surface area contributed by atoms with Gasteiger partial charge in [-0.25, -0.2) is 0 Å². The second kappa shape index (κ2) is 6.17. The van der Waals surface area contributed by atoms with Crippen LogP contribution in [-0.4, -0.2) is 38.9 Å². The van der Waals surface area contributed by atoms with Crippen LogP contribution in [-0.2, 0) is 14.3 Å². The van der Waals surface area contributed by atoms with Gasteiger partial charge < -0.3 is 14.8 Å². The molecule has 4 heteroatoms. The Labute approximate surface area is 103 Å². The SMILES string of the molecule is COC(=O)C(NCC1=CCCOC1)C(C)(C)C. The molecule has 1 N–H and O–H groups in total. The van der Waals surface area contributed by atoms with E-state index in [1.165, 1.54) is 12.7 Å². The fourth-order valence-electron chi connectivity index (χ4n) is 1.83. The minimum atomic E-state index is -0.296. The molecule has 0 saturated carbocycles. The first-order chi connectivity index (χ1) is 7.95. The van der Waals surface area contributed by atoms with E-state index in [2.05, 4.69) is 11.4 Å². The monoisotopic (exact) mass is 241 g/mol. The molecule has 0 amide bonds. The van der Waals surface area contributed by atoms with Gasteiger partial charge in [-0.15, -0.1) is 0 Å². The van der Waals surface area contributed by atoms with Crippen LogP contribution in [0.5, 0.6) is 0 Å². The van der Waals surface area contributed by atoms with E-state index in [0.717, 1.165) is 13.0 Å². The van der Waals surface area contributed by atoms with Gasteiger partial charge in [0.05, 0.1) is 20.3 Å². The van der Waals surface area contributed by atoms with E-state index in [1.54, 1.807) is 0 Å². The number of rotatable bonds is 4. The Bertz CT molecular complexity index is 292. The molecule has 1 aliphatic heterocycles. The highest BCUT2D eigenvalue weighted by molar-refractivity contribution is 5.76. The summed E-state index contributed by atoms with van der Waals surface area (Å²) in [5.41, 5.74) is 1.04. The van der Waals surface area contributed by atoms with Gasteiger partial charge in [0.25, 0.3) is 0 Å². The summed E-state index contributed by atoms with van der Waals surface area (Å²) in [6.07, 6.45) is 3.13. The fourth-order valence-corrected chi connectivity index (χ4v) is 1.83. The van der Waals surface area contributed by atoms with Crippen molar-refractivity contribution in [3.05, 3.63) is 11.6 Å². The quantitative estimate of drug-likeness (QED) is 0.598. The van der Waals surface area contributed by atoms with Gasteiger partial charge in [0.2, 0.25) is 0 Å². The Hall–Kier alpha value is -0.870. The van der Waals surface area contributed by atoms with Crippen LogP contribution in [0, 0.1) is 5.41 Å². The summed E-state index contributed by atoms with van der Waals surface area (Å²) in [7, 11) is 1.42. The van der Waals surface area contributed by atoms with Crippen LogP contribution in [0.3, 0.4) is 0 Å². The molecule has 0 spiro atoms. The van der Waals surface area contributed by atoms with E-state index in [4.69, 9.17) is 9.47 Å². The third-order valence-electron chi connectivity index (χ3n) is 2.82. The summed E-state index contributed by atoms with van der Waals surface area (Å²) >= 11 is 0. The summed E-state index contributed by atoms with van der Waals surface area (Å²) in [5, 5.41) is 3.26. The number of carbonyl (C=O) groups is 1. The Morgan fingerprint density at radius 3 is 2.76 bits per heavy atom. The van der Waals surface area contributed by atoms with Crippen LogP contribution in [0.2, 0.25) is 0 Å². The van der Waals surface area contributed by atoms with E-state index in [1.807, 2.05) is 20.8 Å². The van der Waals surface area contributed by atoms with E-state index in [-0.39, 0.29) is 17.4 Å². The van der Waals surface area contributed by atoms with E-state index in [9.17, 15) is 4.79 Å². The Kier molecular flexibility index (Phi) is 5.15. The fraction of sp³-hybridized carbons (Fsp3) is 0.769. The van der Waals surface area contributed by atoms with E-state index < -0.39 is 0 Å². The molecular formula is C13H23NO3. The lowest BCUT2D eigenvalue weighted by Crippen LogP contribution is -2.48. The normalized spacial score (nSPS) is 18.5. The maximum atomic E-state index is 11.7. The number of nitrogens with one attached hydrogen (secondary N) is 1. The molecule has 0 aliphatic carbocycles. The lowest BCUT2D eigenvalue weighted by Gasteiger charge is -2.29. The zero-order chi connectivity index (χ0) is 12.9. The van der Waals surface area contributed by atoms with Crippen LogP contribution in [0.4, 0.5) is 0 Å². The molecule has 4 nitrogen and oxygen atoms in total. The Morgan fingerprint density at radius 2 is 2.29 bits per heavy atom. The first-order valence-electron chi connectivity index (χ1n) is 6.02. The smallest absolute Gasteiger partial charge is 0.323 e. The third kappa shape index (κ3) is 4.48. The third-order valence-corrected chi connectivity index (χ3v) is 2.82. The highest BCUT2D eigenvalue weighted by atomic mass is 16.5. The molecule has 1 heterocycles. The molecule has 0 aromatic heterocycles. The topological polar surface area (TPSA) is 47.6 Å². The highest BCUT2D eigenvalue weighted by Crippen LogP contribution is 2.20. The minimum absolute atomic E-state index is 0.164. The first kappa shape index (κ1) is 14.2. The van der Waals surface area contributed by atoms with Gasteiger partial charge in [0.15, 0.2) is 0 Å². The van der Waals surface area contributed by atoms with Gasteiger partial charge in [-0.1, -0.05) is 26.8 Å². The lowest BCUT2D eigenvalue weighted by molar-refractivity contribution is -0.145. The maximum absolute atomic E-state index is 11.7. The molecule has 98 valence electrons. The number of carbonyl (C=O) groups excluding carboxylic acids is 1. The van der Waals surface area contributed by atoms with Gasteiger partial charge in [-0.05, 0) is 17.4 Å². The van der Waals surface area contributed by atoms with Crippen molar-refractivity contribution in [2.75, 3.05) is 26.9 Å². The van der Waals surface area contributed by atoms with Crippen LogP contribution in [0.1, 0.15) is 27.2 Å². The summed E-state index contributed by atoms with van der Waals surface area (Å²) < 4.78 is 10.2. The molecule has 17 heavy (non-hydrogen) atoms. The van der Waals surface area contributed by atoms with Crippen LogP contribution in [0.25, 0.3) is 0 Å². The molecule has 0 bridgehead atoms. The van der Waals surface area contributed by atoms with Crippen molar-refractivity contribution in [3.63, 3.8) is 0 Å². The average Bonchev–Trinajstić information content (AvgIpc) is 2.28. The van der Waals surface area contributed by atoms with Gasteiger partial charge in [0, 0.05) is 6.54 Å². The molecule has 0 aromatic rings. The van der Waals surface area contributed by atoms with Crippen LogP contribution in [0.15, 0.2) is 11.6 Å². The summed E-state index contributed by atoms with van der Waals surface area (Å²) in [4.78, 5) is 11.7. The predicted molar refractivity (Wildman–Crippen MR) is 66.8 cm³/mol. The number of hydrogen-bond donors (Lipinski definition) is 1. The number of hydrogen-bond acceptors (Lipinski definition) is 4. The summed E-state index contributed by atoms with van der Waals surface area (Å²) in [6.45, 7) is 8.19. The summed E-state index contributed by atoms with van der Waals surface area (Å²) in [5.74, 6) is -0.213. The largest absolute Gasteiger partial charge is 0.468 e. The zero-order valence-corrected chi connectivity index (χ0v) is 11.2. The number of ether oxygens (including phenoxy) is 2. The van der Waals surface area contributed by atoms with Crippen molar-refractivity contribution in [1.29, 1.82) is 0 Å². The standard InChI is InChI=1S/C13H23NO3/c1-13(2,3)11(12(15)16-4)14-8-10-6-5-7-17-9-10/h6,11,14H,5,7-9H2,1-4H3. The molecule has 0 fully saturated rings. The Morgan fingerprint density at radius 1 is 1.59 bits per heavy atom. The molecule has 1 rings (SSSR count). The summed E-state index contributed by atoms with van der Waals surface area (Å²) in [6, 6.07) is -0.296. The highest BCUT2D eigenvalue weighted by Gasteiger charge is 2.31. The molecule has 1 atom stereocenters. The molecule has 0 aromatic carbocycles. The van der Waals surface area contributed by atoms with E-state index >= 15 is 0 Å². The van der Waals surface area contributed by atoms with Crippen molar-refractivity contribution in [2.45, 2.75) is 33.2 Å². The minimum Gasteiger partial charge on any atom is -0.468 e. The van der Waals surface area contributed by atoms with Crippen molar-refractivity contribution in [1.82, 2.24) is 5.32 Å². The number of esters is 1. The Balaban J connectivity index is 2.55. The van der Waals surface area contributed by atoms with Crippen molar-refractivity contribution in [2.24, 2.45) is 5.41 Å². The van der Waals surface area contributed by atoms with E-state index in [0.29, 0.717) is 13.2 Å². The van der Waals surface area contributed by atoms with Gasteiger partial charge in [-0.2, -0.15) is 0 Å². The molecule has 1 unspecified atom stereocenters. The van der Waals surface area contributed by atoms with Crippen LogP contribution >= 0.6 is 0 Å². The molecule has 0 saturated heterocycles. The second-order valence-electron chi connectivity index (χ2n) is 5.41. The first-order valence-corrected chi connectivity index (χ1v) is 6.02. The predicted octanol–water partition coefficient (Wildman–Crippen LogP) is 1.51. The molecule has 0 radical (unpaired) electrons. The van der Waals surface area contributed by atoms with Crippen molar-refractivity contribution >= 4 is 5.97 Å². The van der Waals surface area contributed by atoms with Crippen molar-refractivity contribution < 1.29 is 14.3 Å². The van der Waals surface area contributed by atoms with Gasteiger partial charge >= 0.3 is 5.97 Å². The molecular weight excluding hydrogens is 218 g/mol. The maximum Gasteiger partial charge on any atom is 0.323 e. The van der Waals surface area contributed by atoms with Gasteiger partial charge in [-0.3, -0.25) is 4.79 Å². The number of methoxy groups -OCH3 is 1. The van der Waals surface area contributed by atoms with Crippen molar-refractivity contribution in [3.8, 4) is 0 Å². The molecule has 1 aliphatic rings. The van der Waals surface area contributed by atoms with Crippen LogP contribution < -0.4 is 5.32 Å². The average molecular weight is 241 g/mol.